The second-order valence-corrected chi connectivity index (χ2v) is 1.45. The summed E-state index contributed by atoms with van der Waals surface area (Å²) in [5.74, 6) is 0. The first-order valence-electron chi connectivity index (χ1n) is 2.92. The maximum atomic E-state index is 10.9. The van der Waals surface area contributed by atoms with Crippen LogP contribution in [-0.2, 0) is 9.68 Å². The topological polar surface area (TPSA) is 18.5 Å². The number of ether oxygens (including phenoxy) is 1. The van der Waals surface area contributed by atoms with Crippen LogP contribution in [-0.4, -0.2) is 13.2 Å². The molecule has 0 aliphatic carbocycles. The predicted molar refractivity (Wildman–Crippen MR) is 32.4 cm³/mol. The summed E-state index contributed by atoms with van der Waals surface area (Å²) >= 11 is 0. The summed E-state index contributed by atoms with van der Waals surface area (Å²) in [5, 5.41) is 0. The van der Waals surface area contributed by atoms with Crippen molar-refractivity contribution in [2.75, 3.05) is 13.2 Å². The van der Waals surface area contributed by atoms with Crippen LogP contribution < -0.4 is 0 Å². The molecule has 0 spiro atoms. The van der Waals surface area contributed by atoms with Crippen LogP contribution in [0.2, 0.25) is 0 Å². The highest BCUT2D eigenvalue weighted by Crippen LogP contribution is 1.85. The van der Waals surface area contributed by atoms with E-state index in [0.717, 1.165) is 6.26 Å². The lowest BCUT2D eigenvalue weighted by molar-refractivity contribution is -0.0622. The van der Waals surface area contributed by atoms with Crippen molar-refractivity contribution >= 4 is 0 Å². The fourth-order valence-corrected chi connectivity index (χ4v) is 0.400. The normalized spacial score (nSPS) is 10.4. The Morgan fingerprint density at radius 1 is 1.56 bits per heavy atom. The van der Waals surface area contributed by atoms with Crippen LogP contribution in [0.3, 0.4) is 0 Å². The Kier molecular flexibility index (Phi) is 6.96. The van der Waals surface area contributed by atoms with Gasteiger partial charge in [0.1, 0.15) is 6.26 Å². The van der Waals surface area contributed by atoms with E-state index in [1.807, 2.05) is 6.92 Å². The molecule has 0 unspecified atom stereocenters. The molecule has 0 radical (unpaired) electrons. The molecule has 0 rings (SSSR count). The molecule has 0 N–H and O–H groups in total. The molecule has 9 heavy (non-hydrogen) atoms. The van der Waals surface area contributed by atoms with E-state index >= 15 is 0 Å². The van der Waals surface area contributed by atoms with Gasteiger partial charge < -0.3 is 9.68 Å². The highest BCUT2D eigenvalue weighted by Gasteiger charge is 1.78. The minimum absolute atomic E-state index is 0.621. The molecule has 0 aliphatic heterocycles. The van der Waals surface area contributed by atoms with E-state index in [4.69, 9.17) is 4.74 Å². The van der Waals surface area contributed by atoms with Crippen molar-refractivity contribution in [3.8, 4) is 0 Å². The summed E-state index contributed by atoms with van der Waals surface area (Å²) in [6.07, 6.45) is 3.26. The molecule has 2 nitrogen and oxygen atoms in total. The van der Waals surface area contributed by atoms with Crippen molar-refractivity contribution in [1.82, 2.24) is 0 Å². The summed E-state index contributed by atoms with van der Waals surface area (Å²) in [6, 6.07) is 0. The van der Waals surface area contributed by atoms with Gasteiger partial charge in [-0.2, -0.15) is 0 Å². The van der Waals surface area contributed by atoms with Crippen molar-refractivity contribution < 1.29 is 14.2 Å². The Bertz CT molecular complexity index is 73.5. The monoisotopic (exact) mass is 134 g/mol. The molecule has 0 atom stereocenters. The number of rotatable bonds is 5. The zero-order valence-electron chi connectivity index (χ0n) is 5.47. The zero-order valence-corrected chi connectivity index (χ0v) is 5.47. The molecule has 0 aromatic heterocycles. The van der Waals surface area contributed by atoms with Gasteiger partial charge in [-0.15, -0.1) is 0 Å². The predicted octanol–water partition coefficient (Wildman–Crippen LogP) is 1.83. The maximum absolute atomic E-state index is 10.9. The first kappa shape index (κ1) is 8.43. The fraction of sp³-hybridized carbons (Fsp3) is 0.667. The first-order valence-corrected chi connectivity index (χ1v) is 2.92. The quantitative estimate of drug-likeness (QED) is 0.422. The highest BCUT2D eigenvalue weighted by molar-refractivity contribution is 4.71. The molecule has 0 amide bonds. The van der Waals surface area contributed by atoms with Crippen LogP contribution >= 0.6 is 0 Å². The van der Waals surface area contributed by atoms with E-state index in [1.165, 1.54) is 0 Å². The Labute approximate surface area is 54.2 Å². The lowest BCUT2D eigenvalue weighted by atomic mass is 10.4. The van der Waals surface area contributed by atoms with E-state index in [9.17, 15) is 4.53 Å². The van der Waals surface area contributed by atoms with E-state index < -0.39 is 0 Å². The smallest absolute Gasteiger partial charge is 0.132 e. The molecule has 0 aromatic rings. The van der Waals surface area contributed by atoms with Crippen LogP contribution in [0.1, 0.15) is 13.3 Å². The first-order chi connectivity index (χ1) is 4.41. The molecule has 0 bridgehead atoms. The molecular formula is C6H11FO2. The Morgan fingerprint density at radius 3 is 2.89 bits per heavy atom. The lowest BCUT2D eigenvalue weighted by Crippen LogP contribution is -1.90. The minimum Gasteiger partial charge on any atom is -0.381 e. The van der Waals surface area contributed by atoms with Crippen LogP contribution in [0, 0.1) is 0 Å². The van der Waals surface area contributed by atoms with Crippen molar-refractivity contribution in [2.24, 2.45) is 0 Å². The van der Waals surface area contributed by atoms with Crippen molar-refractivity contribution in [3.05, 3.63) is 12.3 Å². The van der Waals surface area contributed by atoms with Gasteiger partial charge in [0, 0.05) is 11.1 Å². The fourth-order valence-electron chi connectivity index (χ4n) is 0.400. The van der Waals surface area contributed by atoms with E-state index in [1.54, 1.807) is 6.08 Å². The molecule has 0 aliphatic rings. The molecule has 0 saturated carbocycles. The summed E-state index contributed by atoms with van der Waals surface area (Å²) in [7, 11) is 0. The van der Waals surface area contributed by atoms with Gasteiger partial charge in [0.05, 0.1) is 6.61 Å². The van der Waals surface area contributed by atoms with E-state index in [-0.39, 0.29) is 0 Å². The minimum atomic E-state index is 0.621. The summed E-state index contributed by atoms with van der Waals surface area (Å²) in [6.45, 7) is 3.23. The van der Waals surface area contributed by atoms with Crippen molar-refractivity contribution in [2.45, 2.75) is 13.3 Å². The van der Waals surface area contributed by atoms with Gasteiger partial charge in [-0.25, -0.2) is 0 Å². The summed E-state index contributed by atoms with van der Waals surface area (Å²) in [4.78, 5) is 3.19. The average molecular weight is 134 g/mol. The third-order valence-corrected chi connectivity index (χ3v) is 0.781. The standard InChI is InChI=1S/C6H11FO2/c1-2-8-5-3-4-6-9-7/h4,6H,2-3,5H2,1H3. The molecule has 0 heterocycles. The number of halogens is 1. The number of hydrogen-bond acceptors (Lipinski definition) is 2. The van der Waals surface area contributed by atoms with Gasteiger partial charge in [0.2, 0.25) is 0 Å². The van der Waals surface area contributed by atoms with Crippen LogP contribution in [0.25, 0.3) is 0 Å². The maximum Gasteiger partial charge on any atom is 0.132 e. The second-order valence-electron chi connectivity index (χ2n) is 1.45. The molecular weight excluding hydrogens is 123 g/mol. The Balaban J connectivity index is 2.82. The van der Waals surface area contributed by atoms with Gasteiger partial charge in [-0.3, -0.25) is 0 Å². The summed E-state index contributed by atoms with van der Waals surface area (Å²) in [5.41, 5.74) is 0. The van der Waals surface area contributed by atoms with Crippen LogP contribution in [0.5, 0.6) is 0 Å². The Morgan fingerprint density at radius 2 is 2.33 bits per heavy atom. The summed E-state index contributed by atoms with van der Waals surface area (Å²) < 4.78 is 15.8. The molecule has 3 heteroatoms. The molecule has 0 aromatic carbocycles. The van der Waals surface area contributed by atoms with E-state index in [0.29, 0.717) is 19.6 Å². The second kappa shape index (κ2) is 7.43. The van der Waals surface area contributed by atoms with Gasteiger partial charge in [-0.05, 0) is 19.4 Å². The van der Waals surface area contributed by atoms with Crippen molar-refractivity contribution in [3.63, 3.8) is 0 Å². The van der Waals surface area contributed by atoms with Crippen molar-refractivity contribution in [1.29, 1.82) is 0 Å². The third-order valence-electron chi connectivity index (χ3n) is 0.781. The lowest BCUT2D eigenvalue weighted by Gasteiger charge is -1.93. The largest absolute Gasteiger partial charge is 0.381 e. The Hall–Kier alpha value is -0.570. The SMILES string of the molecule is CCOCCC=COF. The van der Waals surface area contributed by atoms with Gasteiger partial charge >= 0.3 is 0 Å². The molecule has 54 valence electrons. The zero-order chi connectivity index (χ0) is 6.95. The average Bonchev–Trinajstić information content (AvgIpc) is 1.89. The van der Waals surface area contributed by atoms with Gasteiger partial charge in [0.15, 0.2) is 0 Å². The van der Waals surface area contributed by atoms with Crippen LogP contribution in [0.4, 0.5) is 4.53 Å². The number of hydrogen-bond donors (Lipinski definition) is 0. The van der Waals surface area contributed by atoms with Gasteiger partial charge in [-0.1, -0.05) is 0 Å². The molecule has 0 saturated heterocycles. The van der Waals surface area contributed by atoms with Crippen LogP contribution in [0.15, 0.2) is 12.3 Å². The third kappa shape index (κ3) is 7.43. The van der Waals surface area contributed by atoms with Gasteiger partial charge in [0.25, 0.3) is 0 Å². The molecule has 0 fully saturated rings. The van der Waals surface area contributed by atoms with E-state index in [2.05, 4.69) is 4.94 Å². The highest BCUT2D eigenvalue weighted by atomic mass is 19.3.